The molecule has 1 amide bonds. The lowest BCUT2D eigenvalue weighted by atomic mass is 9.89. The van der Waals surface area contributed by atoms with Gasteiger partial charge < -0.3 is 19.2 Å². The normalized spacial score (nSPS) is 24.7. The molecule has 5 nitrogen and oxygen atoms in total. The Balaban J connectivity index is 1.89. The fourth-order valence-electron chi connectivity index (χ4n) is 3.72. The minimum Gasteiger partial charge on any atom is -0.411 e. The molecule has 1 N–H and O–H groups in total. The number of amides is 1. The first-order valence-electron chi connectivity index (χ1n) is 11.7. The molecule has 2 rings (SSSR count). The summed E-state index contributed by atoms with van der Waals surface area (Å²) in [6, 6.07) is 10.3. The van der Waals surface area contributed by atoms with Crippen molar-refractivity contribution < 1.29 is 18.7 Å². The fourth-order valence-corrected chi connectivity index (χ4v) is 5.08. The SMILES string of the molecule is CC(=O)NC[C@H]1O[C@@H](CCCOCc2ccccc2)[C@@H](C)C[C@@H]1O[Si](C)(C)C(C)(C)C. The number of rotatable bonds is 10. The van der Waals surface area contributed by atoms with Crippen molar-refractivity contribution in [2.24, 2.45) is 5.92 Å². The van der Waals surface area contributed by atoms with Crippen LogP contribution in [0.3, 0.4) is 0 Å². The summed E-state index contributed by atoms with van der Waals surface area (Å²) in [6.45, 7) is 17.0. The van der Waals surface area contributed by atoms with E-state index in [-0.39, 0.29) is 29.3 Å². The molecule has 1 aromatic rings. The molecular weight excluding hydrogens is 406 g/mol. The first kappa shape index (κ1) is 26.0. The number of carbonyl (C=O) groups is 1. The highest BCUT2D eigenvalue weighted by Crippen LogP contribution is 2.40. The van der Waals surface area contributed by atoms with Gasteiger partial charge in [0.25, 0.3) is 0 Å². The highest BCUT2D eigenvalue weighted by Gasteiger charge is 2.44. The third kappa shape index (κ3) is 8.33. The second-order valence-corrected chi connectivity index (χ2v) is 15.2. The van der Waals surface area contributed by atoms with Crippen LogP contribution in [0.4, 0.5) is 0 Å². The van der Waals surface area contributed by atoms with E-state index in [4.69, 9.17) is 13.9 Å². The lowest BCUT2D eigenvalue weighted by molar-refractivity contribution is -0.141. The van der Waals surface area contributed by atoms with Crippen LogP contribution in [0.25, 0.3) is 0 Å². The van der Waals surface area contributed by atoms with Gasteiger partial charge in [0.2, 0.25) is 5.91 Å². The van der Waals surface area contributed by atoms with Crippen molar-refractivity contribution in [3.8, 4) is 0 Å². The molecule has 1 saturated heterocycles. The Morgan fingerprint density at radius 1 is 1.19 bits per heavy atom. The quantitative estimate of drug-likeness (QED) is 0.389. The standard InChI is InChI=1S/C25H43NO4Si/c1-19-16-23(30-31(6,7)25(3,4)5)24(17-26-20(2)27)29-22(19)14-11-15-28-18-21-12-9-8-10-13-21/h8-10,12-13,19,22-24H,11,14-18H2,1-7H3,(H,26,27)/t19-,22-,23-,24+/m0/s1. The zero-order chi connectivity index (χ0) is 23.1. The lowest BCUT2D eigenvalue weighted by Crippen LogP contribution is -2.54. The molecule has 1 aliphatic heterocycles. The van der Waals surface area contributed by atoms with Gasteiger partial charge in [0, 0.05) is 20.1 Å². The largest absolute Gasteiger partial charge is 0.411 e. The second-order valence-electron chi connectivity index (χ2n) is 10.5. The summed E-state index contributed by atoms with van der Waals surface area (Å²) in [7, 11) is -1.92. The van der Waals surface area contributed by atoms with Gasteiger partial charge in [-0.2, -0.15) is 0 Å². The van der Waals surface area contributed by atoms with E-state index in [1.165, 1.54) is 5.56 Å². The minimum absolute atomic E-state index is 0.0216. The van der Waals surface area contributed by atoms with Gasteiger partial charge in [-0.05, 0) is 48.9 Å². The van der Waals surface area contributed by atoms with Crippen LogP contribution in [0.5, 0.6) is 0 Å². The van der Waals surface area contributed by atoms with E-state index in [9.17, 15) is 4.79 Å². The van der Waals surface area contributed by atoms with E-state index in [2.05, 4.69) is 58.2 Å². The Bertz CT molecular complexity index is 674. The molecule has 0 spiro atoms. The molecule has 0 radical (unpaired) electrons. The van der Waals surface area contributed by atoms with Gasteiger partial charge >= 0.3 is 0 Å². The third-order valence-electron chi connectivity index (χ3n) is 6.70. The van der Waals surface area contributed by atoms with Gasteiger partial charge in [0.05, 0.1) is 18.8 Å². The Hall–Kier alpha value is -1.21. The summed E-state index contributed by atoms with van der Waals surface area (Å²) >= 11 is 0. The van der Waals surface area contributed by atoms with Crippen LogP contribution in [0.15, 0.2) is 30.3 Å². The molecule has 31 heavy (non-hydrogen) atoms. The summed E-state index contributed by atoms with van der Waals surface area (Å²) in [4.78, 5) is 11.5. The number of ether oxygens (including phenoxy) is 2. The second kappa shape index (κ2) is 11.6. The van der Waals surface area contributed by atoms with Crippen LogP contribution in [0, 0.1) is 5.92 Å². The van der Waals surface area contributed by atoms with Gasteiger partial charge in [-0.15, -0.1) is 0 Å². The van der Waals surface area contributed by atoms with Crippen LogP contribution in [-0.2, 0) is 25.3 Å². The van der Waals surface area contributed by atoms with Crippen molar-refractivity contribution in [2.75, 3.05) is 13.2 Å². The van der Waals surface area contributed by atoms with Gasteiger partial charge in [0.15, 0.2) is 8.32 Å². The number of hydrogen-bond donors (Lipinski definition) is 1. The molecule has 6 heteroatoms. The minimum atomic E-state index is -1.92. The Labute approximate surface area is 190 Å². The first-order valence-corrected chi connectivity index (χ1v) is 14.6. The van der Waals surface area contributed by atoms with Crippen molar-refractivity contribution in [1.82, 2.24) is 5.32 Å². The maximum atomic E-state index is 11.5. The summed E-state index contributed by atoms with van der Waals surface area (Å²) < 4.78 is 19.1. The molecule has 0 aromatic heterocycles. The highest BCUT2D eigenvalue weighted by atomic mass is 28.4. The van der Waals surface area contributed by atoms with Crippen LogP contribution in [0.2, 0.25) is 18.1 Å². The predicted octanol–water partition coefficient (Wildman–Crippen LogP) is 5.30. The molecule has 1 aliphatic rings. The number of carbonyl (C=O) groups excluding carboxylic acids is 1. The van der Waals surface area contributed by atoms with E-state index < -0.39 is 8.32 Å². The summed E-state index contributed by atoms with van der Waals surface area (Å²) in [5, 5.41) is 3.09. The summed E-state index contributed by atoms with van der Waals surface area (Å²) in [5.41, 5.74) is 1.20. The average Bonchev–Trinajstić information content (AvgIpc) is 2.67. The summed E-state index contributed by atoms with van der Waals surface area (Å²) in [6.07, 6.45) is 2.96. The van der Waals surface area contributed by atoms with Crippen molar-refractivity contribution in [3.63, 3.8) is 0 Å². The average molecular weight is 450 g/mol. The van der Waals surface area contributed by atoms with E-state index in [0.717, 1.165) is 25.9 Å². The Morgan fingerprint density at radius 3 is 2.48 bits per heavy atom. The summed E-state index contributed by atoms with van der Waals surface area (Å²) in [5.74, 6) is 0.386. The highest BCUT2D eigenvalue weighted by molar-refractivity contribution is 6.74. The molecule has 0 aliphatic carbocycles. The maximum Gasteiger partial charge on any atom is 0.216 e. The van der Waals surface area contributed by atoms with Gasteiger partial charge in [-0.25, -0.2) is 0 Å². The zero-order valence-corrected chi connectivity index (χ0v) is 21.6. The van der Waals surface area contributed by atoms with Crippen molar-refractivity contribution >= 4 is 14.2 Å². The maximum absolute atomic E-state index is 11.5. The third-order valence-corrected chi connectivity index (χ3v) is 11.2. The monoisotopic (exact) mass is 449 g/mol. The first-order chi connectivity index (χ1) is 14.5. The van der Waals surface area contributed by atoms with Gasteiger partial charge in [-0.3, -0.25) is 4.79 Å². The molecule has 1 aromatic carbocycles. The predicted molar refractivity (Wildman–Crippen MR) is 129 cm³/mol. The Morgan fingerprint density at radius 2 is 1.87 bits per heavy atom. The Kier molecular flexibility index (Phi) is 9.74. The van der Waals surface area contributed by atoms with Gasteiger partial charge in [-0.1, -0.05) is 58.0 Å². The number of nitrogens with one attached hydrogen (secondary N) is 1. The topological polar surface area (TPSA) is 56.8 Å². The van der Waals surface area contributed by atoms with E-state index >= 15 is 0 Å². The molecular formula is C25H43NO4Si. The van der Waals surface area contributed by atoms with E-state index in [0.29, 0.717) is 19.1 Å². The van der Waals surface area contributed by atoms with Crippen molar-refractivity contribution in [2.45, 2.75) is 96.9 Å². The lowest BCUT2D eigenvalue weighted by Gasteiger charge is -2.46. The molecule has 1 heterocycles. The molecule has 0 unspecified atom stereocenters. The number of hydrogen-bond acceptors (Lipinski definition) is 4. The molecule has 0 saturated carbocycles. The van der Waals surface area contributed by atoms with Crippen molar-refractivity contribution in [1.29, 1.82) is 0 Å². The molecule has 176 valence electrons. The van der Waals surface area contributed by atoms with Crippen LogP contribution in [-0.4, -0.2) is 45.7 Å². The molecule has 1 fully saturated rings. The van der Waals surface area contributed by atoms with Crippen LogP contribution >= 0.6 is 0 Å². The zero-order valence-electron chi connectivity index (χ0n) is 20.6. The van der Waals surface area contributed by atoms with E-state index in [1.54, 1.807) is 6.92 Å². The van der Waals surface area contributed by atoms with Crippen molar-refractivity contribution in [3.05, 3.63) is 35.9 Å². The molecule has 4 atom stereocenters. The fraction of sp³-hybridized carbons (Fsp3) is 0.720. The van der Waals surface area contributed by atoms with Crippen LogP contribution < -0.4 is 5.32 Å². The van der Waals surface area contributed by atoms with Gasteiger partial charge in [0.1, 0.15) is 6.10 Å². The van der Waals surface area contributed by atoms with E-state index in [1.807, 2.05) is 18.2 Å². The number of benzene rings is 1. The molecule has 0 bridgehead atoms. The van der Waals surface area contributed by atoms with Crippen LogP contribution in [0.1, 0.15) is 59.4 Å². The smallest absolute Gasteiger partial charge is 0.216 e.